The van der Waals surface area contributed by atoms with Crippen LogP contribution in [0.1, 0.15) is 18.4 Å². The maximum atomic E-state index is 12.2. The van der Waals surface area contributed by atoms with Crippen LogP contribution in [0.15, 0.2) is 54.6 Å². The third-order valence-electron chi connectivity index (χ3n) is 4.83. The summed E-state index contributed by atoms with van der Waals surface area (Å²) in [6.45, 7) is 2.02. The number of ether oxygens (including phenoxy) is 2. The van der Waals surface area contributed by atoms with Gasteiger partial charge in [0.15, 0.2) is 0 Å². The maximum absolute atomic E-state index is 12.2. The van der Waals surface area contributed by atoms with Gasteiger partial charge in [-0.05, 0) is 43.1 Å². The summed E-state index contributed by atoms with van der Waals surface area (Å²) in [4.78, 5) is 25.9. The van der Waals surface area contributed by atoms with E-state index < -0.39 is 0 Å². The highest BCUT2D eigenvalue weighted by Gasteiger charge is 2.29. The van der Waals surface area contributed by atoms with Crippen molar-refractivity contribution in [2.24, 2.45) is 5.73 Å². The van der Waals surface area contributed by atoms with Crippen molar-refractivity contribution in [2.75, 3.05) is 31.7 Å². The fourth-order valence-electron chi connectivity index (χ4n) is 3.42. The van der Waals surface area contributed by atoms with E-state index in [2.05, 4.69) is 10.2 Å². The number of carbonyl (C=O) groups excluding carboxylic acids is 2. The number of nitrogens with zero attached hydrogens (tertiary/aromatic N) is 1. The molecular formula is C22H27N3O4. The molecule has 1 aliphatic rings. The first-order valence-corrected chi connectivity index (χ1v) is 9.80. The van der Waals surface area contributed by atoms with Crippen molar-refractivity contribution in [3.63, 3.8) is 0 Å². The molecule has 2 amide bonds. The Hall–Kier alpha value is -2.90. The quantitative estimate of drug-likeness (QED) is 0.599. The van der Waals surface area contributed by atoms with Crippen molar-refractivity contribution < 1.29 is 19.1 Å². The third kappa shape index (κ3) is 6.30. The number of rotatable bonds is 10. The molecule has 0 aromatic heterocycles. The standard InChI is InChI=1S/C22H27N3O4/c23-22(27)20-11-6-12-25(20)15-17-7-4-5-10-19(17)24-21(26)16-28-13-14-29-18-8-2-1-3-9-18/h1-5,7-10,20H,6,11-16H2,(H2,23,27)(H,24,26). The topological polar surface area (TPSA) is 93.9 Å². The Balaban J connectivity index is 1.45. The molecule has 0 spiro atoms. The van der Waals surface area contributed by atoms with E-state index in [1.807, 2.05) is 54.6 Å². The minimum atomic E-state index is -0.296. The summed E-state index contributed by atoms with van der Waals surface area (Å²) < 4.78 is 10.9. The van der Waals surface area contributed by atoms with E-state index in [0.717, 1.165) is 36.4 Å². The van der Waals surface area contributed by atoms with Crippen molar-refractivity contribution >= 4 is 17.5 Å². The molecule has 0 bridgehead atoms. The van der Waals surface area contributed by atoms with Crippen molar-refractivity contribution in [3.05, 3.63) is 60.2 Å². The van der Waals surface area contributed by atoms with Gasteiger partial charge in [0.2, 0.25) is 11.8 Å². The van der Waals surface area contributed by atoms with Crippen molar-refractivity contribution in [1.82, 2.24) is 4.90 Å². The highest BCUT2D eigenvalue weighted by Crippen LogP contribution is 2.23. The van der Waals surface area contributed by atoms with Gasteiger partial charge in [-0.3, -0.25) is 14.5 Å². The molecule has 0 saturated carbocycles. The van der Waals surface area contributed by atoms with Gasteiger partial charge in [0.1, 0.15) is 19.0 Å². The van der Waals surface area contributed by atoms with Gasteiger partial charge in [-0.25, -0.2) is 0 Å². The van der Waals surface area contributed by atoms with E-state index in [1.165, 1.54) is 0 Å². The van der Waals surface area contributed by atoms with Crippen LogP contribution in [0.5, 0.6) is 5.75 Å². The number of anilines is 1. The molecule has 7 heteroatoms. The van der Waals surface area contributed by atoms with Crippen molar-refractivity contribution in [1.29, 1.82) is 0 Å². The highest BCUT2D eigenvalue weighted by atomic mass is 16.5. The Kier molecular flexibility index (Phi) is 7.61. The highest BCUT2D eigenvalue weighted by molar-refractivity contribution is 5.92. The van der Waals surface area contributed by atoms with E-state index >= 15 is 0 Å². The van der Waals surface area contributed by atoms with Gasteiger partial charge in [-0.1, -0.05) is 36.4 Å². The van der Waals surface area contributed by atoms with E-state index in [9.17, 15) is 9.59 Å². The lowest BCUT2D eigenvalue weighted by Crippen LogP contribution is -2.39. The second kappa shape index (κ2) is 10.6. The number of likely N-dealkylation sites (tertiary alicyclic amines) is 1. The minimum Gasteiger partial charge on any atom is -0.491 e. The maximum Gasteiger partial charge on any atom is 0.250 e. The number of hydrogen-bond donors (Lipinski definition) is 2. The first kappa shape index (κ1) is 20.8. The molecular weight excluding hydrogens is 370 g/mol. The molecule has 2 aromatic carbocycles. The SMILES string of the molecule is NC(=O)C1CCCN1Cc1ccccc1NC(=O)COCCOc1ccccc1. The first-order valence-electron chi connectivity index (χ1n) is 9.80. The van der Waals surface area contributed by atoms with E-state index in [1.54, 1.807) is 0 Å². The molecule has 1 saturated heterocycles. The van der Waals surface area contributed by atoms with Crippen LogP contribution in [0.25, 0.3) is 0 Å². The lowest BCUT2D eigenvalue weighted by Gasteiger charge is -2.23. The van der Waals surface area contributed by atoms with Crippen LogP contribution in [-0.2, 0) is 20.9 Å². The summed E-state index contributed by atoms with van der Waals surface area (Å²) in [5, 5.41) is 2.89. The van der Waals surface area contributed by atoms with Crippen LogP contribution in [0.4, 0.5) is 5.69 Å². The van der Waals surface area contributed by atoms with Gasteiger partial charge in [0.05, 0.1) is 12.6 Å². The lowest BCUT2D eigenvalue weighted by molar-refractivity contribution is -0.122. The molecule has 2 aromatic rings. The fraction of sp³-hybridized carbons (Fsp3) is 0.364. The predicted molar refractivity (Wildman–Crippen MR) is 110 cm³/mol. The van der Waals surface area contributed by atoms with E-state index in [0.29, 0.717) is 19.8 Å². The molecule has 0 aliphatic carbocycles. The summed E-state index contributed by atoms with van der Waals surface area (Å²) >= 11 is 0. The minimum absolute atomic E-state index is 0.0554. The third-order valence-corrected chi connectivity index (χ3v) is 4.83. The molecule has 3 rings (SSSR count). The summed E-state index contributed by atoms with van der Waals surface area (Å²) in [7, 11) is 0. The van der Waals surface area contributed by atoms with Crippen molar-refractivity contribution in [2.45, 2.75) is 25.4 Å². The number of hydrogen-bond acceptors (Lipinski definition) is 5. The fourth-order valence-corrected chi connectivity index (χ4v) is 3.42. The van der Waals surface area contributed by atoms with Gasteiger partial charge in [0.25, 0.3) is 0 Å². The molecule has 0 radical (unpaired) electrons. The molecule has 1 fully saturated rings. The summed E-state index contributed by atoms with van der Waals surface area (Å²) in [6, 6.07) is 16.8. The van der Waals surface area contributed by atoms with E-state index in [4.69, 9.17) is 15.2 Å². The molecule has 1 atom stereocenters. The number of benzene rings is 2. The number of nitrogens with one attached hydrogen (secondary N) is 1. The Morgan fingerprint density at radius 2 is 1.83 bits per heavy atom. The summed E-state index contributed by atoms with van der Waals surface area (Å²) in [5.74, 6) is 0.242. The smallest absolute Gasteiger partial charge is 0.250 e. The number of carbonyl (C=O) groups is 2. The monoisotopic (exact) mass is 397 g/mol. The van der Waals surface area contributed by atoms with Crippen molar-refractivity contribution in [3.8, 4) is 5.75 Å². The van der Waals surface area contributed by atoms with Gasteiger partial charge in [-0.15, -0.1) is 0 Å². The van der Waals surface area contributed by atoms with Crippen LogP contribution in [-0.4, -0.2) is 49.1 Å². The zero-order valence-corrected chi connectivity index (χ0v) is 16.4. The van der Waals surface area contributed by atoms with Crippen LogP contribution in [0.2, 0.25) is 0 Å². The normalized spacial score (nSPS) is 16.5. The average Bonchev–Trinajstić information content (AvgIpc) is 3.18. The van der Waals surface area contributed by atoms with Crippen LogP contribution in [0, 0.1) is 0 Å². The Bertz CT molecular complexity index is 813. The van der Waals surface area contributed by atoms with Crippen LogP contribution in [0.3, 0.4) is 0 Å². The van der Waals surface area contributed by atoms with Crippen LogP contribution < -0.4 is 15.8 Å². The van der Waals surface area contributed by atoms with Gasteiger partial charge >= 0.3 is 0 Å². The molecule has 29 heavy (non-hydrogen) atoms. The molecule has 1 heterocycles. The Morgan fingerprint density at radius 3 is 2.62 bits per heavy atom. The first-order chi connectivity index (χ1) is 14.1. The van der Waals surface area contributed by atoms with Gasteiger partial charge in [0, 0.05) is 12.2 Å². The number of para-hydroxylation sites is 2. The lowest BCUT2D eigenvalue weighted by atomic mass is 10.1. The van der Waals surface area contributed by atoms with Gasteiger partial charge < -0.3 is 20.5 Å². The number of nitrogens with two attached hydrogens (primary N) is 1. The summed E-state index contributed by atoms with van der Waals surface area (Å²) in [5.41, 5.74) is 7.17. The van der Waals surface area contributed by atoms with Crippen LogP contribution >= 0.6 is 0 Å². The zero-order valence-electron chi connectivity index (χ0n) is 16.4. The predicted octanol–water partition coefficient (Wildman–Crippen LogP) is 2.17. The Labute approximate surface area is 170 Å². The second-order valence-electron chi connectivity index (χ2n) is 6.95. The zero-order chi connectivity index (χ0) is 20.5. The summed E-state index contributed by atoms with van der Waals surface area (Å²) in [6.07, 6.45) is 1.73. The Morgan fingerprint density at radius 1 is 1.07 bits per heavy atom. The second-order valence-corrected chi connectivity index (χ2v) is 6.95. The molecule has 7 nitrogen and oxygen atoms in total. The molecule has 154 valence electrons. The molecule has 1 aliphatic heterocycles. The largest absolute Gasteiger partial charge is 0.491 e. The number of amides is 2. The molecule has 1 unspecified atom stereocenters. The van der Waals surface area contributed by atoms with Gasteiger partial charge in [-0.2, -0.15) is 0 Å². The average molecular weight is 397 g/mol. The number of primary amides is 1. The molecule has 3 N–H and O–H groups in total. The van der Waals surface area contributed by atoms with E-state index in [-0.39, 0.29) is 24.5 Å².